The van der Waals surface area contributed by atoms with Crippen LogP contribution in [0.25, 0.3) is 0 Å². The van der Waals surface area contributed by atoms with E-state index in [1.54, 1.807) is 0 Å². The first-order valence-electron chi connectivity index (χ1n) is 28.5. The van der Waals surface area contributed by atoms with Crippen LogP contribution in [0.15, 0.2) is 194 Å². The highest BCUT2D eigenvalue weighted by Gasteiger charge is 2.19. The highest BCUT2D eigenvalue weighted by atomic mass is 16.6. The molecule has 0 fully saturated rings. The van der Waals surface area contributed by atoms with Gasteiger partial charge in [0, 0.05) is 19.3 Å². The molecule has 0 bridgehead atoms. The van der Waals surface area contributed by atoms with Crippen LogP contribution in [0.1, 0.15) is 194 Å². The maximum absolute atomic E-state index is 12.8. The Morgan fingerprint density at radius 3 is 1.00 bits per heavy atom. The standard InChI is InChI=1S/C68H100O6/c1-4-7-10-13-16-19-22-25-28-31-34-37-40-43-46-49-52-55-58-61-67(70)73-64-65(63-72-66(69)60-57-54-51-48-45-42-39-36-33-30-27-24-21-18-15-12-9-6-3)74-68(71)62-59-56-53-50-47-44-41-38-35-32-29-26-23-20-17-14-11-8-5-2/h7-8,10-11,16-21,24-30,33-39,43-44,46-47,52-53,55-56,65H,4-6,9,12-15,22-23,31-32,40-42,45,48-51,54,57-64H2,1-3H3/b10-7-,11-8-,19-16-,20-17-,21-18-,27-24-,28-25-,29-26-,33-30-,37-34-,38-35-,39-36-,46-43-,47-44-,55-52-,56-53-. The molecule has 0 aliphatic carbocycles. The number of rotatable bonds is 48. The monoisotopic (exact) mass is 1010 g/mol. The van der Waals surface area contributed by atoms with Gasteiger partial charge in [-0.2, -0.15) is 0 Å². The van der Waals surface area contributed by atoms with Gasteiger partial charge in [0.2, 0.25) is 0 Å². The molecule has 6 nitrogen and oxygen atoms in total. The van der Waals surface area contributed by atoms with E-state index in [2.05, 4.69) is 191 Å². The molecule has 0 saturated heterocycles. The number of unbranched alkanes of at least 4 members (excludes halogenated alkanes) is 8. The fourth-order valence-electron chi connectivity index (χ4n) is 6.74. The summed E-state index contributed by atoms with van der Waals surface area (Å²) in [6, 6.07) is 0. The highest BCUT2D eigenvalue weighted by Crippen LogP contribution is 2.10. The van der Waals surface area contributed by atoms with Gasteiger partial charge in [0.25, 0.3) is 0 Å². The molecule has 408 valence electrons. The van der Waals surface area contributed by atoms with Gasteiger partial charge in [-0.25, -0.2) is 0 Å². The van der Waals surface area contributed by atoms with Crippen LogP contribution in [0.4, 0.5) is 0 Å². The summed E-state index contributed by atoms with van der Waals surface area (Å²) in [5.41, 5.74) is 0. The summed E-state index contributed by atoms with van der Waals surface area (Å²) >= 11 is 0. The van der Waals surface area contributed by atoms with Gasteiger partial charge in [0.15, 0.2) is 6.10 Å². The van der Waals surface area contributed by atoms with Gasteiger partial charge in [0.1, 0.15) is 13.2 Å². The van der Waals surface area contributed by atoms with E-state index >= 15 is 0 Å². The zero-order valence-electron chi connectivity index (χ0n) is 46.5. The molecule has 0 spiro atoms. The number of esters is 3. The summed E-state index contributed by atoms with van der Waals surface area (Å²) in [6.07, 6.45) is 91.5. The molecule has 6 heteroatoms. The lowest BCUT2D eigenvalue weighted by molar-refractivity contribution is -0.166. The predicted molar refractivity (Wildman–Crippen MR) is 320 cm³/mol. The number of ether oxygens (including phenoxy) is 3. The molecule has 0 aromatic heterocycles. The molecule has 0 aromatic carbocycles. The van der Waals surface area contributed by atoms with Gasteiger partial charge in [-0.15, -0.1) is 0 Å². The minimum absolute atomic E-state index is 0.156. The maximum Gasteiger partial charge on any atom is 0.306 e. The van der Waals surface area contributed by atoms with E-state index in [4.69, 9.17) is 14.2 Å². The van der Waals surface area contributed by atoms with Crippen LogP contribution >= 0.6 is 0 Å². The van der Waals surface area contributed by atoms with Crippen LogP contribution in [0.2, 0.25) is 0 Å². The number of hydrogen-bond donors (Lipinski definition) is 0. The Morgan fingerprint density at radius 2 is 0.608 bits per heavy atom. The smallest absolute Gasteiger partial charge is 0.306 e. The predicted octanol–water partition coefficient (Wildman–Crippen LogP) is 19.5. The minimum atomic E-state index is -0.873. The van der Waals surface area contributed by atoms with Crippen molar-refractivity contribution in [3.63, 3.8) is 0 Å². The normalized spacial score (nSPS) is 13.6. The second-order valence-electron chi connectivity index (χ2n) is 17.8. The average Bonchev–Trinajstić information content (AvgIpc) is 3.40. The summed E-state index contributed by atoms with van der Waals surface area (Å²) in [5.74, 6) is -1.16. The summed E-state index contributed by atoms with van der Waals surface area (Å²) in [6.45, 7) is 6.19. The number of carbonyl (C=O) groups excluding carboxylic acids is 3. The fourth-order valence-corrected chi connectivity index (χ4v) is 6.74. The molecule has 1 unspecified atom stereocenters. The van der Waals surface area contributed by atoms with E-state index < -0.39 is 18.0 Å². The Balaban J connectivity index is 4.72. The molecule has 0 amide bonds. The van der Waals surface area contributed by atoms with Crippen LogP contribution in [0.3, 0.4) is 0 Å². The first kappa shape index (κ1) is 68.2. The quantitative estimate of drug-likeness (QED) is 0.0199. The van der Waals surface area contributed by atoms with Crippen LogP contribution in [-0.2, 0) is 28.6 Å². The topological polar surface area (TPSA) is 78.9 Å². The van der Waals surface area contributed by atoms with Gasteiger partial charge in [-0.1, -0.05) is 247 Å². The second kappa shape index (κ2) is 59.8. The van der Waals surface area contributed by atoms with E-state index in [0.29, 0.717) is 19.3 Å². The van der Waals surface area contributed by atoms with E-state index in [-0.39, 0.29) is 32.0 Å². The molecule has 0 aromatic rings. The molecule has 0 N–H and O–H groups in total. The minimum Gasteiger partial charge on any atom is -0.462 e. The van der Waals surface area contributed by atoms with E-state index in [1.807, 2.05) is 24.3 Å². The van der Waals surface area contributed by atoms with Crippen LogP contribution in [-0.4, -0.2) is 37.2 Å². The lowest BCUT2D eigenvalue weighted by atomic mass is 10.1. The van der Waals surface area contributed by atoms with E-state index in [9.17, 15) is 14.4 Å². The molecule has 0 heterocycles. The summed E-state index contributed by atoms with van der Waals surface area (Å²) in [7, 11) is 0. The van der Waals surface area contributed by atoms with Crippen molar-refractivity contribution < 1.29 is 28.6 Å². The average molecular weight is 1010 g/mol. The Hall–Kier alpha value is -5.75. The van der Waals surface area contributed by atoms with Crippen LogP contribution in [0.5, 0.6) is 0 Å². The van der Waals surface area contributed by atoms with Crippen molar-refractivity contribution >= 4 is 17.9 Å². The summed E-state index contributed by atoms with van der Waals surface area (Å²) in [4.78, 5) is 38.1. The van der Waals surface area contributed by atoms with Gasteiger partial charge in [-0.05, 0) is 122 Å². The van der Waals surface area contributed by atoms with Crippen LogP contribution < -0.4 is 0 Å². The van der Waals surface area contributed by atoms with Crippen molar-refractivity contribution in [2.24, 2.45) is 0 Å². The van der Waals surface area contributed by atoms with Crippen molar-refractivity contribution in [2.75, 3.05) is 13.2 Å². The van der Waals surface area contributed by atoms with Crippen molar-refractivity contribution in [2.45, 2.75) is 200 Å². The molecule has 0 aliphatic heterocycles. The Kier molecular flexibility index (Phi) is 55.2. The molecule has 0 rings (SSSR count). The Bertz CT molecular complexity index is 1830. The second-order valence-corrected chi connectivity index (χ2v) is 17.8. The SMILES string of the molecule is CC/C=C\C/C=C\C/C=C\C/C=C\C/C=C\C/C=C\CCC(=O)OCC(COC(=O)CCCCCCC\C=C/C=C\C=C/C=C\CCCCC)OC(=O)CC/C=C\C/C=C\C/C=C\C/C=C\C/C=C\C/C=C\CC. The Labute approximate surface area is 452 Å². The van der Waals surface area contributed by atoms with Gasteiger partial charge in [0.05, 0.1) is 0 Å². The third-order valence-corrected chi connectivity index (χ3v) is 10.9. The first-order chi connectivity index (χ1) is 36.5. The zero-order chi connectivity index (χ0) is 53.6. The lowest BCUT2D eigenvalue weighted by Crippen LogP contribution is -2.30. The fraction of sp³-hybridized carbons (Fsp3) is 0.485. The van der Waals surface area contributed by atoms with E-state index in [0.717, 1.165) is 122 Å². The molecule has 0 aliphatic rings. The van der Waals surface area contributed by atoms with Gasteiger partial charge >= 0.3 is 17.9 Å². The zero-order valence-corrected chi connectivity index (χ0v) is 46.5. The third kappa shape index (κ3) is 57.2. The van der Waals surface area contributed by atoms with E-state index in [1.165, 1.54) is 19.3 Å². The van der Waals surface area contributed by atoms with Crippen molar-refractivity contribution in [1.82, 2.24) is 0 Å². The number of allylic oxidation sites excluding steroid dienone is 32. The third-order valence-electron chi connectivity index (χ3n) is 10.9. The molecule has 0 saturated carbocycles. The molecular formula is C68H100O6. The summed E-state index contributed by atoms with van der Waals surface area (Å²) < 4.78 is 16.7. The summed E-state index contributed by atoms with van der Waals surface area (Å²) in [5, 5.41) is 0. The number of carbonyl (C=O) groups is 3. The molecule has 0 radical (unpaired) electrons. The lowest BCUT2D eigenvalue weighted by Gasteiger charge is -2.18. The Morgan fingerprint density at radius 1 is 0.297 bits per heavy atom. The molecule has 74 heavy (non-hydrogen) atoms. The van der Waals surface area contributed by atoms with Gasteiger partial charge in [-0.3, -0.25) is 14.4 Å². The maximum atomic E-state index is 12.8. The largest absolute Gasteiger partial charge is 0.462 e. The molecular weight excluding hydrogens is 913 g/mol. The first-order valence-corrected chi connectivity index (χ1v) is 28.5. The van der Waals surface area contributed by atoms with Gasteiger partial charge < -0.3 is 14.2 Å². The highest BCUT2D eigenvalue weighted by molar-refractivity contribution is 5.71. The van der Waals surface area contributed by atoms with Crippen LogP contribution in [0, 0.1) is 0 Å². The van der Waals surface area contributed by atoms with Crippen molar-refractivity contribution in [1.29, 1.82) is 0 Å². The molecule has 1 atom stereocenters. The van der Waals surface area contributed by atoms with Crippen molar-refractivity contribution in [3.05, 3.63) is 194 Å². The number of hydrogen-bond acceptors (Lipinski definition) is 6. The van der Waals surface area contributed by atoms with Crippen molar-refractivity contribution in [3.8, 4) is 0 Å².